The summed E-state index contributed by atoms with van der Waals surface area (Å²) in [5.74, 6) is -0.159. The first-order valence-corrected chi connectivity index (χ1v) is 10.7. The molecule has 162 valence electrons. The van der Waals surface area contributed by atoms with Crippen LogP contribution in [0, 0.1) is 13.8 Å². The summed E-state index contributed by atoms with van der Waals surface area (Å²) in [4.78, 5) is 34.8. The molecular weight excluding hydrogens is 404 g/mol. The molecule has 1 aromatic carbocycles. The molecule has 8 nitrogen and oxygen atoms in total. The Morgan fingerprint density at radius 2 is 1.81 bits per heavy atom. The van der Waals surface area contributed by atoms with Crippen molar-refractivity contribution in [1.82, 2.24) is 25.1 Å². The summed E-state index contributed by atoms with van der Waals surface area (Å²) >= 11 is 0. The summed E-state index contributed by atoms with van der Waals surface area (Å²) in [6.07, 6.45) is 3.78. The molecule has 32 heavy (non-hydrogen) atoms. The van der Waals surface area contributed by atoms with E-state index in [0.717, 1.165) is 59.5 Å². The lowest BCUT2D eigenvalue weighted by Gasteiger charge is -2.15. The van der Waals surface area contributed by atoms with Gasteiger partial charge in [0.1, 0.15) is 11.3 Å². The minimum absolute atomic E-state index is 0.0930. The van der Waals surface area contributed by atoms with E-state index < -0.39 is 0 Å². The van der Waals surface area contributed by atoms with Gasteiger partial charge < -0.3 is 15.2 Å². The molecule has 0 saturated carbocycles. The zero-order valence-corrected chi connectivity index (χ0v) is 18.0. The molecule has 0 atom stereocenters. The van der Waals surface area contributed by atoms with Crippen molar-refractivity contribution < 1.29 is 9.59 Å². The van der Waals surface area contributed by atoms with Crippen LogP contribution in [0.25, 0.3) is 22.3 Å². The second kappa shape index (κ2) is 7.96. The number of nitrogens with zero attached hydrogens (tertiary/aromatic N) is 3. The number of aromatic amines is 2. The second-order valence-electron chi connectivity index (χ2n) is 8.18. The molecule has 1 saturated heterocycles. The van der Waals surface area contributed by atoms with Crippen LogP contribution in [0.5, 0.6) is 0 Å². The number of aryl methyl sites for hydroxylation is 1. The van der Waals surface area contributed by atoms with E-state index in [-0.39, 0.29) is 11.8 Å². The van der Waals surface area contributed by atoms with E-state index >= 15 is 0 Å². The van der Waals surface area contributed by atoms with Crippen molar-refractivity contribution in [2.45, 2.75) is 26.7 Å². The maximum absolute atomic E-state index is 12.6. The van der Waals surface area contributed by atoms with Crippen LogP contribution >= 0.6 is 0 Å². The van der Waals surface area contributed by atoms with E-state index in [4.69, 9.17) is 0 Å². The summed E-state index contributed by atoms with van der Waals surface area (Å²) in [5, 5.41) is 10.6. The third-order valence-corrected chi connectivity index (χ3v) is 6.04. The van der Waals surface area contributed by atoms with Gasteiger partial charge in [0, 0.05) is 35.3 Å². The number of amides is 2. The van der Waals surface area contributed by atoms with Crippen LogP contribution in [-0.4, -0.2) is 50.0 Å². The van der Waals surface area contributed by atoms with Gasteiger partial charge in [0.2, 0.25) is 0 Å². The van der Waals surface area contributed by atoms with Crippen molar-refractivity contribution in [1.29, 1.82) is 0 Å². The highest BCUT2D eigenvalue weighted by atomic mass is 16.2. The highest BCUT2D eigenvalue weighted by Gasteiger charge is 2.19. The molecule has 4 aromatic rings. The molecule has 8 heteroatoms. The number of anilines is 1. The minimum atomic E-state index is -0.252. The van der Waals surface area contributed by atoms with Gasteiger partial charge in [0.15, 0.2) is 0 Å². The van der Waals surface area contributed by atoms with Gasteiger partial charge in [-0.25, -0.2) is 4.98 Å². The Bertz CT molecular complexity index is 1310. The monoisotopic (exact) mass is 428 g/mol. The normalized spacial score (nSPS) is 13.6. The molecule has 4 heterocycles. The smallest absolute Gasteiger partial charge is 0.273 e. The largest absolute Gasteiger partial charge is 0.339 e. The van der Waals surface area contributed by atoms with Gasteiger partial charge in [-0.15, -0.1) is 0 Å². The number of likely N-dealkylation sites (tertiary alicyclic amines) is 1. The molecule has 3 N–H and O–H groups in total. The van der Waals surface area contributed by atoms with Crippen LogP contribution in [-0.2, 0) is 0 Å². The highest BCUT2D eigenvalue weighted by molar-refractivity contribution is 6.04. The molecule has 0 spiro atoms. The van der Waals surface area contributed by atoms with Crippen LogP contribution in [0.1, 0.15) is 44.9 Å². The number of H-pyrrole nitrogens is 2. The number of fused-ring (bicyclic) bond motifs is 1. The standard InChI is InChI=1S/C24H24N6O2/c1-14-15(2)28-29-21(14)23(31)26-19-11-18-12-20(27-22(18)25-13-19)16-5-7-17(8-6-16)24(32)30-9-3-4-10-30/h5-8,11-13H,3-4,9-10H2,1-2H3,(H,25,27)(H,26,31)(H,28,29). The fourth-order valence-electron chi connectivity index (χ4n) is 4.04. The molecule has 3 aromatic heterocycles. The fraction of sp³-hybridized carbons (Fsp3) is 0.250. The van der Waals surface area contributed by atoms with E-state index in [2.05, 4.69) is 25.5 Å². The molecule has 0 aliphatic carbocycles. The molecule has 0 radical (unpaired) electrons. The first kappa shape index (κ1) is 20.0. The Morgan fingerprint density at radius 3 is 2.50 bits per heavy atom. The van der Waals surface area contributed by atoms with Gasteiger partial charge in [-0.1, -0.05) is 12.1 Å². The van der Waals surface area contributed by atoms with Crippen LogP contribution in [0.15, 0.2) is 42.6 Å². The Kier molecular flexibility index (Phi) is 4.97. The number of pyridine rings is 1. The molecule has 2 amide bonds. The number of hydrogen-bond donors (Lipinski definition) is 3. The number of benzene rings is 1. The van der Waals surface area contributed by atoms with Crippen molar-refractivity contribution in [3.8, 4) is 11.3 Å². The molecule has 0 bridgehead atoms. The summed E-state index contributed by atoms with van der Waals surface area (Å²) in [6, 6.07) is 11.5. The minimum Gasteiger partial charge on any atom is -0.339 e. The van der Waals surface area contributed by atoms with E-state index in [1.165, 1.54) is 0 Å². The van der Waals surface area contributed by atoms with Gasteiger partial charge in [-0.3, -0.25) is 14.7 Å². The highest BCUT2D eigenvalue weighted by Crippen LogP contribution is 2.26. The predicted molar refractivity (Wildman–Crippen MR) is 123 cm³/mol. The predicted octanol–water partition coefficient (Wildman–Crippen LogP) is 4.06. The molecule has 5 rings (SSSR count). The average molecular weight is 428 g/mol. The van der Waals surface area contributed by atoms with E-state index in [1.807, 2.05) is 55.1 Å². The number of hydrogen-bond acceptors (Lipinski definition) is 4. The summed E-state index contributed by atoms with van der Waals surface area (Å²) in [7, 11) is 0. The van der Waals surface area contributed by atoms with Gasteiger partial charge in [-0.05, 0) is 56.5 Å². The third-order valence-electron chi connectivity index (χ3n) is 6.04. The molecule has 1 fully saturated rings. The summed E-state index contributed by atoms with van der Waals surface area (Å²) < 4.78 is 0. The first-order chi connectivity index (χ1) is 15.5. The molecule has 1 aliphatic heterocycles. The van der Waals surface area contributed by atoms with Crippen LogP contribution < -0.4 is 5.32 Å². The Labute approximate surface area is 185 Å². The number of carbonyl (C=O) groups excluding carboxylic acids is 2. The van der Waals surface area contributed by atoms with Gasteiger partial charge in [-0.2, -0.15) is 5.10 Å². The molecule has 0 unspecified atom stereocenters. The Hall–Kier alpha value is -3.94. The summed E-state index contributed by atoms with van der Waals surface area (Å²) in [6.45, 7) is 5.39. The maximum atomic E-state index is 12.6. The number of nitrogens with one attached hydrogen (secondary N) is 3. The van der Waals surface area contributed by atoms with Gasteiger partial charge >= 0.3 is 0 Å². The van der Waals surface area contributed by atoms with Crippen molar-refractivity contribution in [2.75, 3.05) is 18.4 Å². The second-order valence-corrected chi connectivity index (χ2v) is 8.18. The van der Waals surface area contributed by atoms with Crippen molar-refractivity contribution in [2.24, 2.45) is 0 Å². The van der Waals surface area contributed by atoms with Crippen LogP contribution in [0.3, 0.4) is 0 Å². The topological polar surface area (TPSA) is 107 Å². The van der Waals surface area contributed by atoms with E-state index in [0.29, 0.717) is 16.9 Å². The first-order valence-electron chi connectivity index (χ1n) is 10.7. The number of aromatic nitrogens is 4. The average Bonchev–Trinajstić information content (AvgIpc) is 3.54. The van der Waals surface area contributed by atoms with Gasteiger partial charge in [0.05, 0.1) is 17.6 Å². The third kappa shape index (κ3) is 3.64. The van der Waals surface area contributed by atoms with Crippen molar-refractivity contribution >= 4 is 28.5 Å². The number of carbonyl (C=O) groups is 2. The molecular formula is C24H24N6O2. The lowest BCUT2D eigenvalue weighted by molar-refractivity contribution is 0.0792. The SMILES string of the molecule is Cc1n[nH]c(C(=O)Nc2cnc3[nH]c(-c4ccc(C(=O)N5CCCC5)cc4)cc3c2)c1C. The van der Waals surface area contributed by atoms with Crippen LogP contribution in [0.2, 0.25) is 0 Å². The fourth-order valence-corrected chi connectivity index (χ4v) is 4.04. The summed E-state index contributed by atoms with van der Waals surface area (Å²) in [5.41, 5.74) is 5.97. The zero-order chi connectivity index (χ0) is 22.2. The Morgan fingerprint density at radius 1 is 1.06 bits per heavy atom. The van der Waals surface area contributed by atoms with E-state index in [9.17, 15) is 9.59 Å². The maximum Gasteiger partial charge on any atom is 0.273 e. The zero-order valence-electron chi connectivity index (χ0n) is 18.0. The number of rotatable bonds is 4. The Balaban J connectivity index is 1.35. The lowest BCUT2D eigenvalue weighted by atomic mass is 10.1. The van der Waals surface area contributed by atoms with Gasteiger partial charge in [0.25, 0.3) is 11.8 Å². The van der Waals surface area contributed by atoms with Crippen molar-refractivity contribution in [3.63, 3.8) is 0 Å². The molecule has 1 aliphatic rings. The van der Waals surface area contributed by atoms with E-state index in [1.54, 1.807) is 6.20 Å². The quantitative estimate of drug-likeness (QED) is 0.456. The van der Waals surface area contributed by atoms with Crippen molar-refractivity contribution in [3.05, 3.63) is 65.1 Å². The van der Waals surface area contributed by atoms with Crippen LogP contribution in [0.4, 0.5) is 5.69 Å². The lowest BCUT2D eigenvalue weighted by Crippen LogP contribution is -2.27.